The van der Waals surface area contributed by atoms with Gasteiger partial charge in [-0.3, -0.25) is 0 Å². The minimum absolute atomic E-state index is 0.351. The Hall–Kier alpha value is -4.32. The first kappa shape index (κ1) is 24.0. The fourth-order valence-electron chi connectivity index (χ4n) is 5.53. The molecular formula is C32H33N5O. The first-order valence-electron chi connectivity index (χ1n) is 13.4. The Morgan fingerprint density at radius 3 is 2.45 bits per heavy atom. The number of benzene rings is 3. The van der Waals surface area contributed by atoms with Crippen LogP contribution in [0.4, 0.5) is 11.5 Å². The lowest BCUT2D eigenvalue weighted by molar-refractivity contribution is 0.340. The molecule has 5 aromatic rings. The molecule has 6 heteroatoms. The molecule has 1 aliphatic rings. The van der Waals surface area contributed by atoms with Gasteiger partial charge < -0.3 is 19.1 Å². The first-order valence-corrected chi connectivity index (χ1v) is 13.4. The topological polar surface area (TPSA) is 46.4 Å². The second kappa shape index (κ2) is 10.2. The standard InChI is InChI=1S/C32H33N5O/c1-4-38-28-15-13-26(14-16-28)37-21-29(25-10-6-5-7-11-25)30-31(33-22-34-32(30)37)35-17-18-36(24(3)20-35)27-12-8-9-23(2)19-27/h5-16,19,21-22,24H,4,17-18,20H2,1-3H3/t24-/m1/s1. The van der Waals surface area contributed by atoms with E-state index in [1.54, 1.807) is 6.33 Å². The molecule has 1 saturated heterocycles. The van der Waals surface area contributed by atoms with E-state index in [-0.39, 0.29) is 0 Å². The third-order valence-corrected chi connectivity index (χ3v) is 7.33. The summed E-state index contributed by atoms with van der Waals surface area (Å²) in [6.45, 7) is 9.83. The zero-order valence-corrected chi connectivity index (χ0v) is 22.2. The summed E-state index contributed by atoms with van der Waals surface area (Å²) in [6.07, 6.45) is 3.90. The molecule has 3 heterocycles. The van der Waals surface area contributed by atoms with Gasteiger partial charge in [0.05, 0.1) is 12.0 Å². The van der Waals surface area contributed by atoms with Crippen molar-refractivity contribution in [3.8, 4) is 22.6 Å². The van der Waals surface area contributed by atoms with Crippen LogP contribution >= 0.6 is 0 Å². The molecule has 0 unspecified atom stereocenters. The van der Waals surface area contributed by atoms with Crippen molar-refractivity contribution in [2.75, 3.05) is 36.0 Å². The van der Waals surface area contributed by atoms with E-state index in [1.165, 1.54) is 11.3 Å². The number of nitrogens with zero attached hydrogens (tertiary/aromatic N) is 5. The van der Waals surface area contributed by atoms with Gasteiger partial charge in [-0.25, -0.2) is 9.97 Å². The molecule has 0 radical (unpaired) electrons. The van der Waals surface area contributed by atoms with E-state index >= 15 is 0 Å². The van der Waals surface area contributed by atoms with Gasteiger partial charge >= 0.3 is 0 Å². The van der Waals surface area contributed by atoms with E-state index < -0.39 is 0 Å². The van der Waals surface area contributed by atoms with Crippen molar-refractivity contribution in [2.45, 2.75) is 26.8 Å². The van der Waals surface area contributed by atoms with Crippen molar-refractivity contribution in [3.05, 3.63) is 97.0 Å². The molecule has 2 aromatic heterocycles. The summed E-state index contributed by atoms with van der Waals surface area (Å²) in [5.41, 5.74) is 6.83. The molecule has 192 valence electrons. The number of hydrogen-bond donors (Lipinski definition) is 0. The quantitative estimate of drug-likeness (QED) is 0.264. The SMILES string of the molecule is CCOc1ccc(-n2cc(-c3ccccc3)c3c(N4CCN(c5cccc(C)c5)[C@H](C)C4)ncnc32)cc1. The van der Waals surface area contributed by atoms with Gasteiger partial charge in [-0.15, -0.1) is 0 Å². The molecule has 1 fully saturated rings. The molecule has 1 atom stereocenters. The fourth-order valence-corrected chi connectivity index (χ4v) is 5.53. The zero-order chi connectivity index (χ0) is 26.1. The highest BCUT2D eigenvalue weighted by atomic mass is 16.5. The third-order valence-electron chi connectivity index (χ3n) is 7.33. The maximum absolute atomic E-state index is 5.67. The molecule has 1 aliphatic heterocycles. The molecule has 0 amide bonds. The van der Waals surface area contributed by atoms with Gasteiger partial charge in [-0.1, -0.05) is 42.5 Å². The van der Waals surface area contributed by atoms with Crippen molar-refractivity contribution in [3.63, 3.8) is 0 Å². The molecular weight excluding hydrogens is 470 g/mol. The van der Waals surface area contributed by atoms with Crippen molar-refractivity contribution in [1.82, 2.24) is 14.5 Å². The largest absolute Gasteiger partial charge is 0.494 e. The van der Waals surface area contributed by atoms with Crippen molar-refractivity contribution in [1.29, 1.82) is 0 Å². The second-order valence-electron chi connectivity index (χ2n) is 9.93. The van der Waals surface area contributed by atoms with Crippen LogP contribution in [0.3, 0.4) is 0 Å². The smallest absolute Gasteiger partial charge is 0.150 e. The van der Waals surface area contributed by atoms with Crippen LogP contribution in [-0.4, -0.2) is 46.8 Å². The predicted octanol–water partition coefficient (Wildman–Crippen LogP) is 6.51. The van der Waals surface area contributed by atoms with Gasteiger partial charge in [0.25, 0.3) is 0 Å². The minimum atomic E-state index is 0.351. The number of fused-ring (bicyclic) bond motifs is 1. The molecule has 0 aliphatic carbocycles. The van der Waals surface area contributed by atoms with E-state index in [1.807, 2.05) is 19.1 Å². The Bertz CT molecular complexity index is 1540. The van der Waals surface area contributed by atoms with Crippen LogP contribution in [0.25, 0.3) is 27.8 Å². The van der Waals surface area contributed by atoms with Crippen LogP contribution < -0.4 is 14.5 Å². The van der Waals surface area contributed by atoms with Gasteiger partial charge in [0.1, 0.15) is 17.9 Å². The summed E-state index contributed by atoms with van der Waals surface area (Å²) in [6, 6.07) is 27.9. The van der Waals surface area contributed by atoms with Gasteiger partial charge in [0.15, 0.2) is 5.65 Å². The Morgan fingerprint density at radius 1 is 0.895 bits per heavy atom. The van der Waals surface area contributed by atoms with Crippen LogP contribution in [0.5, 0.6) is 5.75 Å². The molecule has 3 aromatic carbocycles. The van der Waals surface area contributed by atoms with Crippen LogP contribution in [-0.2, 0) is 0 Å². The normalized spacial score (nSPS) is 15.7. The Kier molecular flexibility index (Phi) is 6.46. The zero-order valence-electron chi connectivity index (χ0n) is 22.2. The average molecular weight is 504 g/mol. The van der Waals surface area contributed by atoms with Crippen LogP contribution in [0.1, 0.15) is 19.4 Å². The number of piperazine rings is 1. The minimum Gasteiger partial charge on any atom is -0.494 e. The summed E-state index contributed by atoms with van der Waals surface area (Å²) < 4.78 is 7.84. The summed E-state index contributed by atoms with van der Waals surface area (Å²) >= 11 is 0. The van der Waals surface area contributed by atoms with Gasteiger partial charge in [-0.05, 0) is 68.3 Å². The highest BCUT2D eigenvalue weighted by Gasteiger charge is 2.28. The van der Waals surface area contributed by atoms with E-state index in [0.29, 0.717) is 12.6 Å². The summed E-state index contributed by atoms with van der Waals surface area (Å²) in [4.78, 5) is 14.6. The monoisotopic (exact) mass is 503 g/mol. The van der Waals surface area contributed by atoms with Gasteiger partial charge in [0.2, 0.25) is 0 Å². The summed E-state index contributed by atoms with van der Waals surface area (Å²) in [5, 5.41) is 1.09. The Balaban J connectivity index is 1.42. The Labute approximate surface area is 224 Å². The molecule has 0 spiro atoms. The van der Waals surface area contributed by atoms with Gasteiger partial charge in [0, 0.05) is 48.8 Å². The van der Waals surface area contributed by atoms with Crippen molar-refractivity contribution in [2.24, 2.45) is 0 Å². The number of ether oxygens (including phenoxy) is 1. The summed E-state index contributed by atoms with van der Waals surface area (Å²) in [5.74, 6) is 1.86. The first-order chi connectivity index (χ1) is 18.6. The number of aryl methyl sites for hydroxylation is 1. The maximum atomic E-state index is 5.67. The molecule has 38 heavy (non-hydrogen) atoms. The number of hydrogen-bond acceptors (Lipinski definition) is 5. The van der Waals surface area contributed by atoms with Crippen molar-refractivity contribution >= 4 is 22.5 Å². The lowest BCUT2D eigenvalue weighted by Crippen LogP contribution is -2.52. The average Bonchev–Trinajstić information content (AvgIpc) is 3.34. The van der Waals surface area contributed by atoms with E-state index in [4.69, 9.17) is 14.7 Å². The summed E-state index contributed by atoms with van der Waals surface area (Å²) in [7, 11) is 0. The third kappa shape index (κ3) is 4.47. The van der Waals surface area contributed by atoms with E-state index in [2.05, 4.69) is 101 Å². The number of aromatic nitrogens is 3. The van der Waals surface area contributed by atoms with Crippen molar-refractivity contribution < 1.29 is 4.74 Å². The Morgan fingerprint density at radius 2 is 1.71 bits per heavy atom. The molecule has 6 rings (SSSR count). The lowest BCUT2D eigenvalue weighted by Gasteiger charge is -2.42. The van der Waals surface area contributed by atoms with Crippen LogP contribution in [0.15, 0.2) is 91.4 Å². The van der Waals surface area contributed by atoms with Crippen LogP contribution in [0.2, 0.25) is 0 Å². The van der Waals surface area contributed by atoms with E-state index in [9.17, 15) is 0 Å². The molecule has 0 saturated carbocycles. The predicted molar refractivity (Wildman–Crippen MR) is 156 cm³/mol. The molecule has 0 N–H and O–H groups in total. The number of rotatable bonds is 6. The maximum Gasteiger partial charge on any atom is 0.150 e. The molecule has 6 nitrogen and oxygen atoms in total. The number of anilines is 2. The lowest BCUT2D eigenvalue weighted by atomic mass is 10.1. The molecule has 0 bridgehead atoms. The second-order valence-corrected chi connectivity index (χ2v) is 9.93. The van der Waals surface area contributed by atoms with E-state index in [0.717, 1.165) is 59.0 Å². The highest BCUT2D eigenvalue weighted by Crippen LogP contribution is 2.38. The highest BCUT2D eigenvalue weighted by molar-refractivity contribution is 6.02. The van der Waals surface area contributed by atoms with Gasteiger partial charge in [-0.2, -0.15) is 0 Å². The fraction of sp³-hybridized carbons (Fsp3) is 0.250. The van der Waals surface area contributed by atoms with Crippen LogP contribution in [0, 0.1) is 6.92 Å².